The maximum absolute atomic E-state index is 13.1. The molecule has 1 atom stereocenters. The fourth-order valence-electron chi connectivity index (χ4n) is 3.24. The summed E-state index contributed by atoms with van der Waals surface area (Å²) in [5.74, 6) is 0.00668. The van der Waals surface area contributed by atoms with Crippen LogP contribution >= 0.6 is 0 Å². The Morgan fingerprint density at radius 2 is 1.89 bits per heavy atom. The summed E-state index contributed by atoms with van der Waals surface area (Å²) in [4.78, 5) is 29.6. The van der Waals surface area contributed by atoms with Crippen LogP contribution in [0.15, 0.2) is 48.7 Å². The normalized spacial score (nSPS) is 14.4. The Kier molecular flexibility index (Phi) is 6.39. The van der Waals surface area contributed by atoms with Gasteiger partial charge in [0.25, 0.3) is 0 Å². The second-order valence-electron chi connectivity index (χ2n) is 7.54. The molecule has 1 saturated carbocycles. The van der Waals surface area contributed by atoms with E-state index in [4.69, 9.17) is 0 Å². The first-order chi connectivity index (χ1) is 13.5. The molecule has 2 aromatic rings. The zero-order valence-corrected chi connectivity index (χ0v) is 17.0. The van der Waals surface area contributed by atoms with Gasteiger partial charge in [-0.25, -0.2) is 4.79 Å². The second-order valence-corrected chi connectivity index (χ2v) is 7.54. The van der Waals surface area contributed by atoms with Gasteiger partial charge in [-0.1, -0.05) is 25.1 Å². The molecule has 1 aliphatic carbocycles. The lowest BCUT2D eigenvalue weighted by molar-refractivity contribution is -0.133. The highest BCUT2D eigenvalue weighted by Crippen LogP contribution is 2.29. The lowest BCUT2D eigenvalue weighted by Crippen LogP contribution is -2.48. The zero-order valence-electron chi connectivity index (χ0n) is 17.0. The highest BCUT2D eigenvalue weighted by atomic mass is 16.2. The number of aromatic nitrogens is 1. The Morgan fingerprint density at radius 1 is 1.18 bits per heavy atom. The van der Waals surface area contributed by atoms with Crippen molar-refractivity contribution >= 4 is 17.6 Å². The van der Waals surface area contributed by atoms with Gasteiger partial charge in [-0.05, 0) is 50.5 Å². The third-order valence-corrected chi connectivity index (χ3v) is 5.41. The molecule has 28 heavy (non-hydrogen) atoms. The maximum atomic E-state index is 13.1. The van der Waals surface area contributed by atoms with Crippen molar-refractivity contribution in [3.05, 3.63) is 54.4 Å². The van der Waals surface area contributed by atoms with Gasteiger partial charge < -0.3 is 19.7 Å². The number of para-hydroxylation sites is 1. The predicted octanol–water partition coefficient (Wildman–Crippen LogP) is 3.85. The molecule has 1 N–H and O–H groups in total. The summed E-state index contributed by atoms with van der Waals surface area (Å²) < 4.78 is 2.04. The molecule has 6 heteroatoms. The number of anilines is 1. The van der Waals surface area contributed by atoms with Gasteiger partial charge in [0.1, 0.15) is 6.54 Å². The smallest absolute Gasteiger partial charge is 0.322 e. The largest absolute Gasteiger partial charge is 0.353 e. The number of carbonyl (C=O) groups excluding carboxylic acids is 2. The van der Waals surface area contributed by atoms with E-state index in [9.17, 15) is 9.59 Å². The average Bonchev–Trinajstić information content (AvgIpc) is 3.46. The lowest BCUT2D eigenvalue weighted by atomic mass is 10.2. The van der Waals surface area contributed by atoms with E-state index >= 15 is 0 Å². The Labute approximate surface area is 167 Å². The van der Waals surface area contributed by atoms with Gasteiger partial charge in [0, 0.05) is 36.7 Å². The van der Waals surface area contributed by atoms with Crippen molar-refractivity contribution in [3.8, 4) is 0 Å². The highest BCUT2D eigenvalue weighted by molar-refractivity contribution is 5.92. The van der Waals surface area contributed by atoms with E-state index in [1.54, 1.807) is 4.90 Å². The summed E-state index contributed by atoms with van der Waals surface area (Å²) in [6.07, 6.45) is 4.85. The topological polar surface area (TPSA) is 57.6 Å². The third-order valence-electron chi connectivity index (χ3n) is 5.41. The number of hydrogen-bond acceptors (Lipinski definition) is 2. The summed E-state index contributed by atoms with van der Waals surface area (Å²) in [6, 6.07) is 13.4. The molecular weight excluding hydrogens is 352 g/mol. The van der Waals surface area contributed by atoms with Crippen LogP contribution in [0.5, 0.6) is 0 Å². The van der Waals surface area contributed by atoms with Crippen molar-refractivity contribution in [2.24, 2.45) is 7.05 Å². The number of aryl methyl sites for hydroxylation is 1. The molecule has 0 bridgehead atoms. The van der Waals surface area contributed by atoms with Crippen LogP contribution in [-0.4, -0.2) is 44.9 Å². The maximum Gasteiger partial charge on any atom is 0.322 e. The molecule has 0 aliphatic heterocycles. The Hall–Kier alpha value is -2.76. The molecule has 1 aromatic heterocycles. The number of carbonyl (C=O) groups is 2. The molecule has 1 heterocycles. The standard InChI is InChI=1S/C22H30N4O2/c1-4-17(2)25(22(28)23-18-9-6-5-7-10-18)16-21(27)26(19-12-13-19)15-20-11-8-14-24(20)3/h5-11,14,17,19H,4,12-13,15-16H2,1-3H3,(H,23,28). The van der Waals surface area contributed by atoms with E-state index < -0.39 is 0 Å². The van der Waals surface area contributed by atoms with E-state index in [1.807, 2.05) is 79.0 Å². The van der Waals surface area contributed by atoms with E-state index in [1.165, 1.54) is 0 Å². The van der Waals surface area contributed by atoms with Gasteiger partial charge in [-0.3, -0.25) is 4.79 Å². The fraction of sp³-hybridized carbons (Fsp3) is 0.455. The van der Waals surface area contributed by atoms with E-state index in [2.05, 4.69) is 5.32 Å². The molecule has 1 aliphatic rings. The fourth-order valence-corrected chi connectivity index (χ4v) is 3.24. The second kappa shape index (κ2) is 8.95. The molecule has 3 amide bonds. The van der Waals surface area contributed by atoms with Crippen LogP contribution in [0.4, 0.5) is 10.5 Å². The van der Waals surface area contributed by atoms with Crippen molar-refractivity contribution < 1.29 is 9.59 Å². The van der Waals surface area contributed by atoms with Crippen LogP contribution in [0.3, 0.4) is 0 Å². The zero-order chi connectivity index (χ0) is 20.1. The number of nitrogens with zero attached hydrogens (tertiary/aromatic N) is 3. The van der Waals surface area contributed by atoms with Gasteiger partial charge in [0.05, 0.1) is 6.54 Å². The first-order valence-corrected chi connectivity index (χ1v) is 10.0. The molecule has 3 rings (SSSR count). The molecule has 6 nitrogen and oxygen atoms in total. The van der Waals surface area contributed by atoms with Crippen molar-refractivity contribution in [1.29, 1.82) is 0 Å². The number of nitrogens with one attached hydrogen (secondary N) is 1. The highest BCUT2D eigenvalue weighted by Gasteiger charge is 2.34. The third kappa shape index (κ3) is 4.94. The van der Waals surface area contributed by atoms with Crippen molar-refractivity contribution in [1.82, 2.24) is 14.4 Å². The molecule has 150 valence electrons. The molecule has 1 aromatic carbocycles. The first-order valence-electron chi connectivity index (χ1n) is 10.0. The Bertz CT molecular complexity index is 798. The van der Waals surface area contributed by atoms with Crippen molar-refractivity contribution in [2.75, 3.05) is 11.9 Å². The monoisotopic (exact) mass is 382 g/mol. The minimum Gasteiger partial charge on any atom is -0.353 e. The van der Waals surface area contributed by atoms with Crippen molar-refractivity contribution in [3.63, 3.8) is 0 Å². The predicted molar refractivity (Wildman–Crippen MR) is 111 cm³/mol. The minimum atomic E-state index is -0.233. The van der Waals surface area contributed by atoms with Crippen LogP contribution in [0.2, 0.25) is 0 Å². The van der Waals surface area contributed by atoms with Crippen LogP contribution in [0, 0.1) is 0 Å². The van der Waals surface area contributed by atoms with Gasteiger partial charge >= 0.3 is 6.03 Å². The van der Waals surface area contributed by atoms with E-state index in [-0.39, 0.29) is 24.5 Å². The summed E-state index contributed by atoms with van der Waals surface area (Å²) >= 11 is 0. The van der Waals surface area contributed by atoms with E-state index in [0.717, 1.165) is 30.6 Å². The minimum absolute atomic E-state index is 0.00668. The summed E-state index contributed by atoms with van der Waals surface area (Å²) in [7, 11) is 1.99. The van der Waals surface area contributed by atoms with Crippen LogP contribution < -0.4 is 5.32 Å². The van der Waals surface area contributed by atoms with Crippen molar-refractivity contribution in [2.45, 2.75) is 51.7 Å². The molecule has 1 fully saturated rings. The van der Waals surface area contributed by atoms with Gasteiger partial charge in [-0.15, -0.1) is 0 Å². The summed E-state index contributed by atoms with van der Waals surface area (Å²) in [6.45, 7) is 4.69. The molecule has 1 unspecified atom stereocenters. The summed E-state index contributed by atoms with van der Waals surface area (Å²) in [5.41, 5.74) is 1.83. The van der Waals surface area contributed by atoms with Gasteiger partial charge in [-0.2, -0.15) is 0 Å². The van der Waals surface area contributed by atoms with E-state index in [0.29, 0.717) is 12.6 Å². The molecular formula is C22H30N4O2. The molecule has 0 saturated heterocycles. The van der Waals surface area contributed by atoms with Gasteiger partial charge in [0.15, 0.2) is 0 Å². The average molecular weight is 383 g/mol. The van der Waals surface area contributed by atoms with Crippen LogP contribution in [0.25, 0.3) is 0 Å². The molecule has 0 spiro atoms. The first kappa shape index (κ1) is 20.0. The lowest BCUT2D eigenvalue weighted by Gasteiger charge is -2.31. The number of hydrogen-bond donors (Lipinski definition) is 1. The Balaban J connectivity index is 1.70. The SMILES string of the molecule is CCC(C)N(CC(=O)N(Cc1cccn1C)C1CC1)C(=O)Nc1ccccc1. The van der Waals surface area contributed by atoms with Crippen LogP contribution in [0.1, 0.15) is 38.8 Å². The number of amides is 3. The number of rotatable bonds is 8. The number of benzene rings is 1. The quantitative estimate of drug-likeness (QED) is 0.754. The molecule has 0 radical (unpaired) electrons. The van der Waals surface area contributed by atoms with Gasteiger partial charge in [0.2, 0.25) is 5.91 Å². The summed E-state index contributed by atoms with van der Waals surface area (Å²) in [5, 5.41) is 2.91. The Morgan fingerprint density at radius 3 is 2.46 bits per heavy atom. The number of urea groups is 1. The van der Waals surface area contributed by atoms with Crippen LogP contribution in [-0.2, 0) is 18.4 Å².